The van der Waals surface area contributed by atoms with Gasteiger partial charge in [-0.25, -0.2) is 4.79 Å². The maximum atomic E-state index is 12.2. The SMILES string of the molecule is COCCOC(=O)c1ccc(NC(=O)/C=C/c2cc(OC)c(OC)c(OC)c2)cc1. The minimum absolute atomic E-state index is 0.180. The van der Waals surface area contributed by atoms with Crippen LogP contribution in [0.4, 0.5) is 5.69 Å². The Morgan fingerprint density at radius 2 is 1.53 bits per heavy atom. The van der Waals surface area contributed by atoms with E-state index in [0.717, 1.165) is 0 Å². The van der Waals surface area contributed by atoms with Crippen LogP contribution in [0.15, 0.2) is 42.5 Å². The molecule has 1 amide bonds. The third-order valence-electron chi connectivity index (χ3n) is 4.02. The van der Waals surface area contributed by atoms with Crippen molar-refractivity contribution >= 4 is 23.6 Å². The summed E-state index contributed by atoms with van der Waals surface area (Å²) in [6, 6.07) is 9.86. The normalized spacial score (nSPS) is 10.5. The van der Waals surface area contributed by atoms with Crippen molar-refractivity contribution in [2.24, 2.45) is 0 Å². The highest BCUT2D eigenvalue weighted by atomic mass is 16.6. The highest BCUT2D eigenvalue weighted by molar-refractivity contribution is 6.02. The van der Waals surface area contributed by atoms with Crippen LogP contribution < -0.4 is 19.5 Å². The van der Waals surface area contributed by atoms with E-state index in [4.69, 9.17) is 23.7 Å². The fourth-order valence-corrected chi connectivity index (χ4v) is 2.54. The van der Waals surface area contributed by atoms with Gasteiger partial charge < -0.3 is 29.0 Å². The zero-order chi connectivity index (χ0) is 21.9. The topological polar surface area (TPSA) is 92.3 Å². The number of amides is 1. The molecule has 0 heterocycles. The highest BCUT2D eigenvalue weighted by Gasteiger charge is 2.12. The van der Waals surface area contributed by atoms with Gasteiger partial charge in [-0.3, -0.25) is 4.79 Å². The van der Waals surface area contributed by atoms with Crippen LogP contribution in [0.25, 0.3) is 6.08 Å². The molecule has 0 spiro atoms. The molecule has 30 heavy (non-hydrogen) atoms. The quantitative estimate of drug-likeness (QED) is 0.362. The first-order valence-corrected chi connectivity index (χ1v) is 9.07. The number of carbonyl (C=O) groups excluding carboxylic acids is 2. The summed E-state index contributed by atoms with van der Waals surface area (Å²) in [6.45, 7) is 0.512. The summed E-state index contributed by atoms with van der Waals surface area (Å²) < 4.78 is 25.7. The van der Waals surface area contributed by atoms with E-state index in [1.807, 2.05) is 0 Å². The largest absolute Gasteiger partial charge is 0.493 e. The van der Waals surface area contributed by atoms with E-state index in [2.05, 4.69) is 5.32 Å². The highest BCUT2D eigenvalue weighted by Crippen LogP contribution is 2.38. The van der Waals surface area contributed by atoms with Crippen LogP contribution in [-0.2, 0) is 14.3 Å². The Balaban J connectivity index is 2.02. The predicted molar refractivity (Wildman–Crippen MR) is 112 cm³/mol. The molecule has 8 nitrogen and oxygen atoms in total. The smallest absolute Gasteiger partial charge is 0.338 e. The summed E-state index contributed by atoms with van der Waals surface area (Å²) >= 11 is 0. The number of ether oxygens (including phenoxy) is 5. The summed E-state index contributed by atoms with van der Waals surface area (Å²) in [7, 11) is 6.10. The number of carbonyl (C=O) groups is 2. The maximum Gasteiger partial charge on any atom is 0.338 e. The minimum Gasteiger partial charge on any atom is -0.493 e. The number of rotatable bonds is 10. The lowest BCUT2D eigenvalue weighted by molar-refractivity contribution is -0.111. The monoisotopic (exact) mass is 415 g/mol. The molecule has 160 valence electrons. The van der Waals surface area contributed by atoms with Crippen molar-refractivity contribution < 1.29 is 33.3 Å². The molecule has 0 radical (unpaired) electrons. The maximum absolute atomic E-state index is 12.2. The number of hydrogen-bond acceptors (Lipinski definition) is 7. The first-order valence-electron chi connectivity index (χ1n) is 9.07. The lowest BCUT2D eigenvalue weighted by Crippen LogP contribution is -2.11. The van der Waals surface area contributed by atoms with Gasteiger partial charge in [0.25, 0.3) is 0 Å². The first kappa shape index (κ1) is 22.8. The average molecular weight is 415 g/mol. The molecule has 0 aliphatic carbocycles. The van der Waals surface area contributed by atoms with Crippen molar-refractivity contribution in [1.82, 2.24) is 0 Å². The molecule has 8 heteroatoms. The second kappa shape index (κ2) is 11.5. The molecule has 0 saturated carbocycles. The molecular formula is C22H25NO7. The molecule has 2 aromatic rings. The van der Waals surface area contributed by atoms with Crippen LogP contribution in [0.1, 0.15) is 15.9 Å². The standard InChI is InChI=1S/C22H25NO7/c1-26-11-12-30-22(25)16-6-8-17(9-7-16)23-20(24)10-5-15-13-18(27-2)21(29-4)19(14-15)28-3/h5-10,13-14H,11-12H2,1-4H3,(H,23,24)/b10-5+. The Morgan fingerprint density at radius 1 is 0.900 bits per heavy atom. The zero-order valence-corrected chi connectivity index (χ0v) is 17.4. The molecule has 2 rings (SSSR count). The summed E-state index contributed by atoms with van der Waals surface area (Å²) in [5.74, 6) is 0.670. The Kier molecular flexibility index (Phi) is 8.71. The zero-order valence-electron chi connectivity index (χ0n) is 17.4. The summed E-state index contributed by atoms with van der Waals surface area (Å²) in [6.07, 6.45) is 3.01. The van der Waals surface area contributed by atoms with Crippen molar-refractivity contribution in [2.75, 3.05) is 47.0 Å². The summed E-state index contributed by atoms with van der Waals surface area (Å²) in [4.78, 5) is 24.1. The van der Waals surface area contributed by atoms with E-state index in [1.54, 1.807) is 42.5 Å². The number of anilines is 1. The predicted octanol–water partition coefficient (Wildman–Crippen LogP) is 3.17. The number of benzene rings is 2. The first-order chi connectivity index (χ1) is 14.5. The van der Waals surface area contributed by atoms with Gasteiger partial charge >= 0.3 is 5.97 Å². The van der Waals surface area contributed by atoms with Gasteiger partial charge in [0.2, 0.25) is 11.7 Å². The Labute approximate surface area is 175 Å². The Bertz CT molecular complexity index is 866. The van der Waals surface area contributed by atoms with E-state index >= 15 is 0 Å². The lowest BCUT2D eigenvalue weighted by atomic mass is 10.1. The van der Waals surface area contributed by atoms with Crippen LogP contribution in [0.2, 0.25) is 0 Å². The van der Waals surface area contributed by atoms with Crippen LogP contribution >= 0.6 is 0 Å². The molecule has 0 aromatic heterocycles. The fraction of sp³-hybridized carbons (Fsp3) is 0.273. The van der Waals surface area contributed by atoms with Crippen molar-refractivity contribution in [3.8, 4) is 17.2 Å². The Morgan fingerprint density at radius 3 is 2.07 bits per heavy atom. The molecule has 0 unspecified atom stereocenters. The van der Waals surface area contributed by atoms with Gasteiger partial charge in [-0.1, -0.05) is 0 Å². The third-order valence-corrected chi connectivity index (χ3v) is 4.02. The van der Waals surface area contributed by atoms with Crippen molar-refractivity contribution in [1.29, 1.82) is 0 Å². The van der Waals surface area contributed by atoms with Gasteiger partial charge in [0.05, 0.1) is 33.5 Å². The molecule has 0 saturated heterocycles. The number of esters is 1. The van der Waals surface area contributed by atoms with Crippen molar-refractivity contribution in [2.45, 2.75) is 0 Å². The minimum atomic E-state index is -0.452. The molecule has 0 atom stereocenters. The van der Waals surface area contributed by atoms with Gasteiger partial charge in [-0.05, 0) is 48.0 Å². The van der Waals surface area contributed by atoms with E-state index in [1.165, 1.54) is 34.5 Å². The van der Waals surface area contributed by atoms with Crippen molar-refractivity contribution in [3.05, 3.63) is 53.6 Å². The van der Waals surface area contributed by atoms with Crippen LogP contribution in [0.5, 0.6) is 17.2 Å². The molecule has 2 aromatic carbocycles. The second-order valence-electron chi connectivity index (χ2n) is 5.99. The van der Waals surface area contributed by atoms with Gasteiger partial charge in [-0.2, -0.15) is 0 Å². The Hall–Kier alpha value is -3.52. The van der Waals surface area contributed by atoms with Gasteiger partial charge in [-0.15, -0.1) is 0 Å². The van der Waals surface area contributed by atoms with Crippen LogP contribution in [0.3, 0.4) is 0 Å². The molecule has 0 aliphatic heterocycles. The summed E-state index contributed by atoms with van der Waals surface area (Å²) in [5.41, 5.74) is 1.63. The molecule has 1 N–H and O–H groups in total. The van der Waals surface area contributed by atoms with E-state index in [9.17, 15) is 9.59 Å². The molecule has 0 aliphatic rings. The molecule has 0 fully saturated rings. The second-order valence-corrected chi connectivity index (χ2v) is 5.99. The summed E-state index contributed by atoms with van der Waals surface area (Å²) in [5, 5.41) is 2.73. The van der Waals surface area contributed by atoms with Crippen LogP contribution in [-0.4, -0.2) is 53.5 Å². The van der Waals surface area contributed by atoms with E-state index in [-0.39, 0.29) is 12.5 Å². The van der Waals surface area contributed by atoms with Crippen LogP contribution in [0, 0.1) is 0 Å². The van der Waals surface area contributed by atoms with Gasteiger partial charge in [0.1, 0.15) is 6.61 Å². The third kappa shape index (κ3) is 6.25. The molecule has 0 bridgehead atoms. The van der Waals surface area contributed by atoms with E-state index < -0.39 is 5.97 Å². The molecular weight excluding hydrogens is 390 g/mol. The van der Waals surface area contributed by atoms with Gasteiger partial charge in [0.15, 0.2) is 11.5 Å². The lowest BCUT2D eigenvalue weighted by Gasteiger charge is -2.12. The number of methoxy groups -OCH3 is 4. The average Bonchev–Trinajstić information content (AvgIpc) is 2.77. The van der Waals surface area contributed by atoms with Gasteiger partial charge in [0, 0.05) is 18.9 Å². The van der Waals surface area contributed by atoms with E-state index in [0.29, 0.717) is 40.7 Å². The fourth-order valence-electron chi connectivity index (χ4n) is 2.54. The number of hydrogen-bond donors (Lipinski definition) is 1. The van der Waals surface area contributed by atoms with Crippen molar-refractivity contribution in [3.63, 3.8) is 0 Å². The number of nitrogens with one attached hydrogen (secondary N) is 1.